The van der Waals surface area contributed by atoms with Crippen molar-refractivity contribution in [3.8, 4) is 17.4 Å². The molecule has 106 valence electrons. The van der Waals surface area contributed by atoms with E-state index in [1.54, 1.807) is 13.3 Å². The van der Waals surface area contributed by atoms with Crippen LogP contribution >= 0.6 is 11.6 Å². The molecule has 4 nitrogen and oxygen atoms in total. The predicted octanol–water partition coefficient (Wildman–Crippen LogP) is 3.56. The van der Waals surface area contributed by atoms with E-state index in [0.29, 0.717) is 28.9 Å². The quantitative estimate of drug-likeness (QED) is 0.915. The van der Waals surface area contributed by atoms with Crippen molar-refractivity contribution in [2.24, 2.45) is 0 Å². The van der Waals surface area contributed by atoms with Crippen molar-refractivity contribution in [3.63, 3.8) is 0 Å². The highest BCUT2D eigenvalue weighted by molar-refractivity contribution is 6.31. The Morgan fingerprint density at radius 2 is 2.05 bits per heavy atom. The molecule has 0 aliphatic rings. The summed E-state index contributed by atoms with van der Waals surface area (Å²) in [6.45, 7) is 2.70. The Kier molecular flexibility index (Phi) is 4.82. The summed E-state index contributed by atoms with van der Waals surface area (Å²) in [5.74, 6) is 1.62. The third-order valence-electron chi connectivity index (χ3n) is 2.77. The molecule has 20 heavy (non-hydrogen) atoms. The fourth-order valence-corrected chi connectivity index (χ4v) is 2.03. The summed E-state index contributed by atoms with van der Waals surface area (Å²) in [4.78, 5) is 4.24. The van der Waals surface area contributed by atoms with E-state index >= 15 is 0 Å². The number of hydrogen-bond acceptors (Lipinski definition) is 4. The van der Waals surface area contributed by atoms with E-state index in [9.17, 15) is 0 Å². The molecule has 0 aliphatic heterocycles. The van der Waals surface area contributed by atoms with Gasteiger partial charge in [-0.3, -0.25) is 0 Å². The first-order valence-electron chi connectivity index (χ1n) is 6.25. The standard InChI is InChI=1S/C15H17ClN2O2/c1-10-4-5-13(14(6-10)19-3)20-15-12(16)7-11(8-17-2)9-18-15/h4-7,9,17H,8H2,1-3H3. The third-order valence-corrected chi connectivity index (χ3v) is 3.04. The first kappa shape index (κ1) is 14.6. The van der Waals surface area contributed by atoms with Gasteiger partial charge in [0.2, 0.25) is 5.88 Å². The smallest absolute Gasteiger partial charge is 0.238 e. The fourth-order valence-electron chi connectivity index (χ4n) is 1.80. The van der Waals surface area contributed by atoms with Crippen LogP contribution in [0.15, 0.2) is 30.5 Å². The van der Waals surface area contributed by atoms with Gasteiger partial charge < -0.3 is 14.8 Å². The normalized spacial score (nSPS) is 10.4. The number of nitrogens with zero attached hydrogens (tertiary/aromatic N) is 1. The van der Waals surface area contributed by atoms with Gasteiger partial charge in [0.15, 0.2) is 11.5 Å². The van der Waals surface area contributed by atoms with Crippen LogP contribution in [-0.4, -0.2) is 19.1 Å². The molecule has 0 bridgehead atoms. The Morgan fingerprint density at radius 3 is 2.70 bits per heavy atom. The second kappa shape index (κ2) is 6.59. The number of aryl methyl sites for hydroxylation is 1. The van der Waals surface area contributed by atoms with Gasteiger partial charge in [0.25, 0.3) is 0 Å². The summed E-state index contributed by atoms with van der Waals surface area (Å²) < 4.78 is 11.0. The zero-order valence-corrected chi connectivity index (χ0v) is 12.5. The lowest BCUT2D eigenvalue weighted by molar-refractivity contribution is 0.374. The Morgan fingerprint density at radius 1 is 1.25 bits per heavy atom. The van der Waals surface area contributed by atoms with Crippen LogP contribution in [0.4, 0.5) is 0 Å². The topological polar surface area (TPSA) is 43.4 Å². The van der Waals surface area contributed by atoms with Crippen molar-refractivity contribution in [3.05, 3.63) is 46.6 Å². The van der Waals surface area contributed by atoms with Gasteiger partial charge in [-0.05, 0) is 43.3 Å². The number of pyridine rings is 1. The van der Waals surface area contributed by atoms with Gasteiger partial charge in [0.05, 0.1) is 7.11 Å². The van der Waals surface area contributed by atoms with E-state index in [2.05, 4.69) is 10.3 Å². The van der Waals surface area contributed by atoms with Gasteiger partial charge in [-0.25, -0.2) is 4.98 Å². The highest BCUT2D eigenvalue weighted by atomic mass is 35.5. The molecule has 0 radical (unpaired) electrons. The zero-order valence-electron chi connectivity index (χ0n) is 11.7. The van der Waals surface area contributed by atoms with Crippen LogP contribution < -0.4 is 14.8 Å². The Hall–Kier alpha value is -1.78. The molecule has 1 heterocycles. The van der Waals surface area contributed by atoms with E-state index in [1.165, 1.54) is 0 Å². The maximum Gasteiger partial charge on any atom is 0.238 e. The first-order valence-corrected chi connectivity index (χ1v) is 6.63. The highest BCUT2D eigenvalue weighted by Gasteiger charge is 2.10. The highest BCUT2D eigenvalue weighted by Crippen LogP contribution is 2.34. The van der Waals surface area contributed by atoms with Crippen LogP contribution in [0.1, 0.15) is 11.1 Å². The van der Waals surface area contributed by atoms with Crippen LogP contribution in [0.5, 0.6) is 17.4 Å². The van der Waals surface area contributed by atoms with Crippen molar-refractivity contribution >= 4 is 11.6 Å². The monoisotopic (exact) mass is 292 g/mol. The number of rotatable bonds is 5. The average Bonchev–Trinajstić information content (AvgIpc) is 2.43. The molecule has 0 spiro atoms. The summed E-state index contributed by atoms with van der Waals surface area (Å²) >= 11 is 6.19. The number of ether oxygens (including phenoxy) is 2. The van der Waals surface area contributed by atoms with E-state index in [4.69, 9.17) is 21.1 Å². The molecule has 0 saturated heterocycles. The summed E-state index contributed by atoms with van der Waals surface area (Å²) in [5, 5.41) is 3.52. The number of halogens is 1. The molecule has 0 saturated carbocycles. The average molecular weight is 293 g/mol. The molecule has 0 aliphatic carbocycles. The summed E-state index contributed by atoms with van der Waals surface area (Å²) in [5.41, 5.74) is 2.10. The Bertz CT molecular complexity index is 602. The summed E-state index contributed by atoms with van der Waals surface area (Å²) in [6.07, 6.45) is 1.73. The second-order valence-corrected chi connectivity index (χ2v) is 4.82. The number of aromatic nitrogens is 1. The number of methoxy groups -OCH3 is 1. The molecule has 2 aromatic rings. The molecule has 0 unspecified atom stereocenters. The van der Waals surface area contributed by atoms with Gasteiger partial charge in [-0.15, -0.1) is 0 Å². The number of benzene rings is 1. The minimum Gasteiger partial charge on any atom is -0.493 e. The minimum atomic E-state index is 0.369. The van der Waals surface area contributed by atoms with E-state index in [1.807, 2.05) is 38.2 Å². The van der Waals surface area contributed by atoms with Crippen molar-refractivity contribution in [2.45, 2.75) is 13.5 Å². The van der Waals surface area contributed by atoms with E-state index in [-0.39, 0.29) is 0 Å². The van der Waals surface area contributed by atoms with Crippen LogP contribution in [-0.2, 0) is 6.54 Å². The molecule has 0 amide bonds. The van der Waals surface area contributed by atoms with Gasteiger partial charge in [0, 0.05) is 12.7 Å². The molecule has 0 atom stereocenters. The first-order chi connectivity index (χ1) is 9.63. The van der Waals surface area contributed by atoms with Crippen LogP contribution in [0, 0.1) is 6.92 Å². The lowest BCUT2D eigenvalue weighted by Gasteiger charge is -2.11. The van der Waals surface area contributed by atoms with E-state index < -0.39 is 0 Å². The van der Waals surface area contributed by atoms with Crippen molar-refractivity contribution in [2.75, 3.05) is 14.2 Å². The van der Waals surface area contributed by atoms with Gasteiger partial charge in [-0.1, -0.05) is 17.7 Å². The molecule has 1 N–H and O–H groups in total. The maximum atomic E-state index is 6.19. The van der Waals surface area contributed by atoms with Gasteiger partial charge in [0.1, 0.15) is 5.02 Å². The van der Waals surface area contributed by atoms with Crippen molar-refractivity contribution in [1.29, 1.82) is 0 Å². The number of nitrogens with one attached hydrogen (secondary N) is 1. The molecular formula is C15H17ClN2O2. The largest absolute Gasteiger partial charge is 0.493 e. The van der Waals surface area contributed by atoms with Crippen molar-refractivity contribution < 1.29 is 9.47 Å². The zero-order chi connectivity index (χ0) is 14.5. The van der Waals surface area contributed by atoms with E-state index in [0.717, 1.165) is 11.1 Å². The Labute approximate surface area is 123 Å². The second-order valence-electron chi connectivity index (χ2n) is 4.42. The minimum absolute atomic E-state index is 0.369. The van der Waals surface area contributed by atoms with Gasteiger partial charge >= 0.3 is 0 Å². The fraction of sp³-hybridized carbons (Fsp3) is 0.267. The third kappa shape index (κ3) is 3.40. The number of hydrogen-bond donors (Lipinski definition) is 1. The molecule has 1 aromatic carbocycles. The van der Waals surface area contributed by atoms with Crippen LogP contribution in [0.25, 0.3) is 0 Å². The van der Waals surface area contributed by atoms with Crippen LogP contribution in [0.3, 0.4) is 0 Å². The summed E-state index contributed by atoms with van der Waals surface area (Å²) in [6, 6.07) is 7.52. The molecule has 2 rings (SSSR count). The molecule has 0 fully saturated rings. The predicted molar refractivity (Wildman–Crippen MR) is 79.8 cm³/mol. The molecule has 5 heteroatoms. The SMILES string of the molecule is CNCc1cnc(Oc2ccc(C)cc2OC)c(Cl)c1. The lowest BCUT2D eigenvalue weighted by Crippen LogP contribution is -2.05. The summed E-state index contributed by atoms with van der Waals surface area (Å²) in [7, 11) is 3.47. The van der Waals surface area contributed by atoms with Crippen LogP contribution in [0.2, 0.25) is 5.02 Å². The van der Waals surface area contributed by atoms with Gasteiger partial charge in [-0.2, -0.15) is 0 Å². The Balaban J connectivity index is 2.26. The lowest BCUT2D eigenvalue weighted by atomic mass is 10.2. The molecular weight excluding hydrogens is 276 g/mol. The molecule has 1 aromatic heterocycles. The van der Waals surface area contributed by atoms with Crippen molar-refractivity contribution in [1.82, 2.24) is 10.3 Å². The maximum absolute atomic E-state index is 6.19.